The number of pyridine rings is 1. The summed E-state index contributed by atoms with van der Waals surface area (Å²) >= 11 is 0. The summed E-state index contributed by atoms with van der Waals surface area (Å²) in [5, 5.41) is 6.95. The van der Waals surface area contributed by atoms with Crippen LogP contribution in [0.15, 0.2) is 73.1 Å². The van der Waals surface area contributed by atoms with E-state index < -0.39 is 0 Å². The third-order valence-electron chi connectivity index (χ3n) is 4.45. The van der Waals surface area contributed by atoms with Crippen molar-refractivity contribution >= 4 is 28.3 Å². The predicted octanol–water partition coefficient (Wildman–Crippen LogP) is 5.29. The number of urea groups is 1. The number of nitrogens with one attached hydrogen (secondary N) is 2. The van der Waals surface area contributed by atoms with Gasteiger partial charge in [-0.05, 0) is 55.3 Å². The summed E-state index contributed by atoms with van der Waals surface area (Å²) in [6, 6.07) is 19.2. The number of carbonyl (C=O) groups is 1. The monoisotopic (exact) mass is 356 g/mol. The lowest BCUT2D eigenvalue weighted by atomic mass is 10.2. The van der Waals surface area contributed by atoms with Crippen LogP contribution in [0.2, 0.25) is 0 Å². The summed E-state index contributed by atoms with van der Waals surface area (Å²) in [6.07, 6.45) is 3.76. The minimum atomic E-state index is -0.303. The van der Waals surface area contributed by atoms with E-state index in [4.69, 9.17) is 0 Å². The molecule has 5 heteroatoms. The molecule has 2 aromatic heterocycles. The Kier molecular flexibility index (Phi) is 4.34. The number of hydrogen-bond acceptors (Lipinski definition) is 2. The largest absolute Gasteiger partial charge is 0.323 e. The van der Waals surface area contributed by atoms with Crippen molar-refractivity contribution in [3.8, 4) is 5.82 Å². The van der Waals surface area contributed by atoms with Crippen molar-refractivity contribution < 1.29 is 4.79 Å². The number of benzene rings is 2. The Hall–Kier alpha value is -3.60. The Morgan fingerprint density at radius 1 is 0.963 bits per heavy atom. The number of rotatable bonds is 3. The molecular formula is C22H20N4O. The number of anilines is 2. The lowest BCUT2D eigenvalue weighted by molar-refractivity contribution is 0.262. The minimum absolute atomic E-state index is 0.303. The summed E-state index contributed by atoms with van der Waals surface area (Å²) in [5.74, 6) is 0.682. The van der Waals surface area contributed by atoms with Crippen LogP contribution in [0, 0.1) is 13.8 Å². The smallest absolute Gasteiger partial charge is 0.308 e. The Labute approximate surface area is 157 Å². The van der Waals surface area contributed by atoms with Crippen molar-refractivity contribution in [3.63, 3.8) is 0 Å². The summed E-state index contributed by atoms with van der Waals surface area (Å²) in [7, 11) is 0. The molecule has 2 amide bonds. The highest BCUT2D eigenvalue weighted by molar-refractivity contribution is 6.01. The van der Waals surface area contributed by atoms with Gasteiger partial charge in [0.1, 0.15) is 0 Å². The number of nitrogens with zero attached hydrogens (tertiary/aromatic N) is 2. The SMILES string of the molecule is Cc1cccc(NC(=O)Nc2cccnc2-n2cc(C)c3ccccc32)c1. The molecule has 2 N–H and O–H groups in total. The van der Waals surface area contributed by atoms with E-state index in [9.17, 15) is 4.79 Å². The van der Waals surface area contributed by atoms with E-state index in [0.717, 1.165) is 22.3 Å². The number of para-hydroxylation sites is 1. The molecule has 0 atom stereocenters. The van der Waals surface area contributed by atoms with Gasteiger partial charge in [-0.15, -0.1) is 0 Å². The molecule has 0 saturated carbocycles. The van der Waals surface area contributed by atoms with Crippen LogP contribution >= 0.6 is 0 Å². The highest BCUT2D eigenvalue weighted by Gasteiger charge is 2.13. The summed E-state index contributed by atoms with van der Waals surface area (Å²) in [6.45, 7) is 4.06. The van der Waals surface area contributed by atoms with E-state index in [1.807, 2.05) is 72.3 Å². The molecule has 0 radical (unpaired) electrons. The number of hydrogen-bond donors (Lipinski definition) is 2. The zero-order valence-corrected chi connectivity index (χ0v) is 15.2. The van der Waals surface area contributed by atoms with Crippen molar-refractivity contribution in [2.75, 3.05) is 10.6 Å². The van der Waals surface area contributed by atoms with Crippen LogP contribution in [0.25, 0.3) is 16.7 Å². The standard InChI is InChI=1S/C22H20N4O/c1-15-7-5-8-17(13-15)24-22(27)25-19-10-6-12-23-21(19)26-14-16(2)18-9-3-4-11-20(18)26/h3-14H,1-2H3,(H2,24,25,27). The molecule has 0 aliphatic rings. The van der Waals surface area contributed by atoms with Gasteiger partial charge in [-0.25, -0.2) is 9.78 Å². The molecule has 4 rings (SSSR count). The first-order valence-electron chi connectivity index (χ1n) is 8.78. The lowest BCUT2D eigenvalue weighted by Crippen LogP contribution is -2.20. The molecule has 0 fully saturated rings. The molecule has 0 bridgehead atoms. The van der Waals surface area contributed by atoms with E-state index in [-0.39, 0.29) is 6.03 Å². The molecule has 27 heavy (non-hydrogen) atoms. The van der Waals surface area contributed by atoms with Crippen LogP contribution < -0.4 is 10.6 Å². The fourth-order valence-corrected chi connectivity index (χ4v) is 3.22. The number of carbonyl (C=O) groups excluding carboxylic acids is 1. The molecular weight excluding hydrogens is 336 g/mol. The van der Waals surface area contributed by atoms with Gasteiger partial charge >= 0.3 is 6.03 Å². The van der Waals surface area contributed by atoms with Crippen molar-refractivity contribution in [2.24, 2.45) is 0 Å². The molecule has 0 spiro atoms. The minimum Gasteiger partial charge on any atom is -0.308 e. The molecule has 0 aliphatic carbocycles. The van der Waals surface area contributed by atoms with E-state index in [1.165, 1.54) is 5.39 Å². The van der Waals surface area contributed by atoms with Gasteiger partial charge in [-0.1, -0.05) is 30.3 Å². The maximum Gasteiger partial charge on any atom is 0.323 e. The molecule has 0 unspecified atom stereocenters. The molecule has 4 aromatic rings. The van der Waals surface area contributed by atoms with Gasteiger partial charge in [-0.2, -0.15) is 0 Å². The van der Waals surface area contributed by atoms with Crippen LogP contribution in [0.3, 0.4) is 0 Å². The number of aryl methyl sites for hydroxylation is 2. The van der Waals surface area contributed by atoms with Crippen molar-refractivity contribution in [1.82, 2.24) is 9.55 Å². The predicted molar refractivity (Wildman–Crippen MR) is 110 cm³/mol. The summed E-state index contributed by atoms with van der Waals surface area (Å²) in [4.78, 5) is 17.0. The van der Waals surface area contributed by atoms with Crippen LogP contribution in [0.1, 0.15) is 11.1 Å². The third kappa shape index (κ3) is 3.40. The third-order valence-corrected chi connectivity index (χ3v) is 4.45. The zero-order chi connectivity index (χ0) is 18.8. The number of aromatic nitrogens is 2. The Balaban J connectivity index is 1.66. The maximum absolute atomic E-state index is 12.5. The quantitative estimate of drug-likeness (QED) is 0.524. The molecule has 5 nitrogen and oxygen atoms in total. The molecule has 0 aliphatic heterocycles. The van der Waals surface area contributed by atoms with Crippen LogP contribution in [0.4, 0.5) is 16.2 Å². The van der Waals surface area contributed by atoms with Crippen LogP contribution in [-0.2, 0) is 0 Å². The van der Waals surface area contributed by atoms with Gasteiger partial charge in [0.2, 0.25) is 0 Å². The van der Waals surface area contributed by atoms with Crippen LogP contribution in [0.5, 0.6) is 0 Å². The van der Waals surface area contributed by atoms with E-state index in [1.54, 1.807) is 6.20 Å². The first-order chi connectivity index (χ1) is 13.1. The lowest BCUT2D eigenvalue weighted by Gasteiger charge is -2.13. The average molecular weight is 356 g/mol. The number of amides is 2. The van der Waals surface area contributed by atoms with Gasteiger partial charge in [0.15, 0.2) is 5.82 Å². The molecule has 134 valence electrons. The van der Waals surface area contributed by atoms with Gasteiger partial charge in [0, 0.05) is 23.5 Å². The van der Waals surface area contributed by atoms with Gasteiger partial charge in [-0.3, -0.25) is 4.57 Å². The van der Waals surface area contributed by atoms with Gasteiger partial charge in [0.25, 0.3) is 0 Å². The molecule has 2 aromatic carbocycles. The normalized spacial score (nSPS) is 10.7. The Bertz CT molecular complexity index is 1130. The van der Waals surface area contributed by atoms with Crippen LogP contribution in [-0.4, -0.2) is 15.6 Å². The first kappa shape index (κ1) is 16.8. The number of fused-ring (bicyclic) bond motifs is 1. The van der Waals surface area contributed by atoms with E-state index in [0.29, 0.717) is 11.5 Å². The van der Waals surface area contributed by atoms with Gasteiger partial charge < -0.3 is 10.6 Å². The average Bonchev–Trinajstić information content (AvgIpc) is 2.99. The van der Waals surface area contributed by atoms with Crippen molar-refractivity contribution in [2.45, 2.75) is 13.8 Å². The second kappa shape index (κ2) is 6.96. The molecule has 2 heterocycles. The van der Waals surface area contributed by atoms with Gasteiger partial charge in [0.05, 0.1) is 11.2 Å². The topological polar surface area (TPSA) is 59.0 Å². The van der Waals surface area contributed by atoms with E-state index in [2.05, 4.69) is 28.6 Å². The second-order valence-electron chi connectivity index (χ2n) is 6.52. The second-order valence-corrected chi connectivity index (χ2v) is 6.52. The van der Waals surface area contributed by atoms with E-state index >= 15 is 0 Å². The van der Waals surface area contributed by atoms with Crippen molar-refractivity contribution in [1.29, 1.82) is 0 Å². The highest BCUT2D eigenvalue weighted by atomic mass is 16.2. The molecule has 0 saturated heterocycles. The Morgan fingerprint density at radius 2 is 1.81 bits per heavy atom. The maximum atomic E-state index is 12.5. The fraction of sp³-hybridized carbons (Fsp3) is 0.0909. The Morgan fingerprint density at radius 3 is 2.67 bits per heavy atom. The fourth-order valence-electron chi connectivity index (χ4n) is 3.22. The summed E-state index contributed by atoms with van der Waals surface area (Å²) < 4.78 is 2.01. The highest BCUT2D eigenvalue weighted by Crippen LogP contribution is 2.27. The summed E-state index contributed by atoms with van der Waals surface area (Å²) in [5.41, 5.74) is 4.69. The zero-order valence-electron chi connectivity index (χ0n) is 15.2. The first-order valence-corrected chi connectivity index (χ1v) is 8.78. The van der Waals surface area contributed by atoms with Crippen molar-refractivity contribution in [3.05, 3.63) is 84.2 Å².